The zero-order chi connectivity index (χ0) is 22.1. The van der Waals surface area contributed by atoms with Gasteiger partial charge < -0.3 is 14.7 Å². The van der Waals surface area contributed by atoms with E-state index in [1.165, 1.54) is 0 Å². The summed E-state index contributed by atoms with van der Waals surface area (Å²) in [6, 6.07) is 0.771. The largest absolute Gasteiger partial charge is 0.339 e. The summed E-state index contributed by atoms with van der Waals surface area (Å²) < 4.78 is 0. The summed E-state index contributed by atoms with van der Waals surface area (Å²) in [5, 5.41) is 12.6. The van der Waals surface area contributed by atoms with E-state index in [0.717, 1.165) is 58.3 Å². The minimum Gasteiger partial charge on any atom is -0.339 e. The van der Waals surface area contributed by atoms with E-state index in [-0.39, 0.29) is 18.0 Å². The van der Waals surface area contributed by atoms with Gasteiger partial charge in [-0.15, -0.1) is 5.10 Å². The van der Waals surface area contributed by atoms with E-state index in [2.05, 4.69) is 44.9 Å². The maximum atomic E-state index is 13.4. The molecule has 0 spiro atoms. The number of aromatic nitrogens is 6. The molecule has 1 aliphatic carbocycles. The van der Waals surface area contributed by atoms with Gasteiger partial charge in [0.1, 0.15) is 0 Å². The van der Waals surface area contributed by atoms with Crippen LogP contribution in [-0.4, -0.2) is 85.3 Å². The van der Waals surface area contributed by atoms with Crippen LogP contribution in [0.15, 0.2) is 12.4 Å². The highest BCUT2D eigenvalue weighted by Gasteiger charge is 2.39. The summed E-state index contributed by atoms with van der Waals surface area (Å²) in [5.74, 6) is 1.36. The van der Waals surface area contributed by atoms with Crippen molar-refractivity contribution in [1.29, 1.82) is 0 Å². The van der Waals surface area contributed by atoms with Crippen LogP contribution in [0.5, 0.6) is 0 Å². The molecule has 0 aromatic carbocycles. The molecule has 11 nitrogen and oxygen atoms in total. The molecule has 4 heterocycles. The van der Waals surface area contributed by atoms with E-state index in [1.54, 1.807) is 17.2 Å². The number of nitrogens with one attached hydrogen (secondary N) is 1. The van der Waals surface area contributed by atoms with Crippen molar-refractivity contribution >= 4 is 29.6 Å². The highest BCUT2D eigenvalue weighted by molar-refractivity contribution is 6.13. The molecule has 5 rings (SSSR count). The number of tetrazole rings is 1. The van der Waals surface area contributed by atoms with Crippen LogP contribution < -0.4 is 14.6 Å². The van der Waals surface area contributed by atoms with Crippen molar-refractivity contribution in [3.05, 3.63) is 18.0 Å². The van der Waals surface area contributed by atoms with Crippen molar-refractivity contribution in [3.8, 4) is 0 Å². The average molecular weight is 461 g/mol. The number of hydrogen-bond donors (Lipinski definition) is 1. The molecule has 0 radical (unpaired) electrons. The minimum atomic E-state index is 0.0364. The van der Waals surface area contributed by atoms with Crippen molar-refractivity contribution in [2.45, 2.75) is 63.7 Å². The average Bonchev–Trinajstić information content (AvgIpc) is 3.35. The molecular weight excluding hydrogens is 432 g/mol. The van der Waals surface area contributed by atoms with Gasteiger partial charge in [0, 0.05) is 56.7 Å². The van der Waals surface area contributed by atoms with Crippen molar-refractivity contribution in [1.82, 2.24) is 39.9 Å². The molecule has 1 saturated carbocycles. The Hall–Kier alpha value is -2.53. The third-order valence-corrected chi connectivity index (χ3v) is 6.86. The third kappa shape index (κ3) is 4.36. The van der Waals surface area contributed by atoms with Crippen molar-refractivity contribution in [2.24, 2.45) is 0 Å². The number of nitrogens with zero attached hydrogens (tertiary/aromatic N) is 9. The molecule has 3 fully saturated rings. The lowest BCUT2D eigenvalue weighted by Crippen LogP contribution is -2.48. The molecule has 2 saturated heterocycles. The lowest BCUT2D eigenvalue weighted by molar-refractivity contribution is 0.0629. The second-order valence-electron chi connectivity index (χ2n) is 8.75. The van der Waals surface area contributed by atoms with Crippen molar-refractivity contribution < 1.29 is 4.79 Å². The summed E-state index contributed by atoms with van der Waals surface area (Å²) in [6.07, 6.45) is 8.21. The highest BCUT2D eigenvalue weighted by Crippen LogP contribution is 2.33. The molecule has 2 aromatic heterocycles. The normalized spacial score (nSPS) is 21.9. The first-order chi connectivity index (χ1) is 15.7. The Morgan fingerprint density at radius 3 is 2.34 bits per heavy atom. The van der Waals surface area contributed by atoms with Crippen LogP contribution in [0.4, 0.5) is 11.9 Å². The Labute approximate surface area is 192 Å². The summed E-state index contributed by atoms with van der Waals surface area (Å²) in [5.41, 5.74) is 0.557. The van der Waals surface area contributed by atoms with Gasteiger partial charge in [0.2, 0.25) is 5.95 Å². The van der Waals surface area contributed by atoms with E-state index >= 15 is 0 Å². The number of carbonyl (C=O) groups excluding carboxylic acids is 1. The maximum Gasteiger partial charge on any atom is 0.266 e. The van der Waals surface area contributed by atoms with Crippen molar-refractivity contribution in [2.75, 3.05) is 36.0 Å². The number of piperidine rings is 1. The van der Waals surface area contributed by atoms with E-state index in [0.29, 0.717) is 30.0 Å². The van der Waals surface area contributed by atoms with Gasteiger partial charge in [-0.1, -0.05) is 5.10 Å². The van der Waals surface area contributed by atoms with Gasteiger partial charge in [-0.05, 0) is 56.0 Å². The predicted octanol–water partition coefficient (Wildman–Crippen LogP) is 1.08. The predicted molar refractivity (Wildman–Crippen MR) is 120 cm³/mol. The zero-order valence-corrected chi connectivity index (χ0v) is 19.0. The van der Waals surface area contributed by atoms with E-state index in [1.807, 2.05) is 6.92 Å². The van der Waals surface area contributed by atoms with Gasteiger partial charge in [-0.3, -0.25) is 4.79 Å². The Bertz CT molecular complexity index is 925. The topological polar surface area (TPSA) is 108 Å². The highest BCUT2D eigenvalue weighted by atomic mass is 35.5. The van der Waals surface area contributed by atoms with Gasteiger partial charge in [-0.2, -0.15) is 4.80 Å². The summed E-state index contributed by atoms with van der Waals surface area (Å²) in [4.78, 5) is 33.1. The molecule has 2 aromatic rings. The molecular formula is C20H29ClN10O. The molecule has 3 aliphatic rings. The fraction of sp³-hybridized carbons (Fsp3) is 0.700. The first kappa shape index (κ1) is 21.3. The Morgan fingerprint density at radius 2 is 1.75 bits per heavy atom. The molecule has 0 bridgehead atoms. The van der Waals surface area contributed by atoms with E-state index in [9.17, 15) is 4.79 Å². The summed E-state index contributed by atoms with van der Waals surface area (Å²) in [7, 11) is 0. The number of rotatable bonds is 7. The summed E-state index contributed by atoms with van der Waals surface area (Å²) in [6.45, 7) is 5.95. The monoisotopic (exact) mass is 460 g/mol. The minimum absolute atomic E-state index is 0.0364. The number of halogens is 1. The van der Waals surface area contributed by atoms with Crippen LogP contribution in [0.2, 0.25) is 0 Å². The van der Waals surface area contributed by atoms with E-state index in [4.69, 9.17) is 11.8 Å². The second kappa shape index (κ2) is 9.14. The first-order valence-corrected chi connectivity index (χ1v) is 11.8. The number of aryl methyl sites for hydroxylation is 1. The number of hydrogen-bond acceptors (Lipinski definition) is 9. The zero-order valence-electron chi connectivity index (χ0n) is 18.3. The Morgan fingerprint density at radius 1 is 1.06 bits per heavy atom. The lowest BCUT2D eigenvalue weighted by Gasteiger charge is -2.38. The van der Waals surface area contributed by atoms with Gasteiger partial charge in [-0.25, -0.2) is 14.8 Å². The van der Waals surface area contributed by atoms with Gasteiger partial charge in [0.05, 0.1) is 12.1 Å². The molecule has 1 atom stereocenters. The summed E-state index contributed by atoms with van der Waals surface area (Å²) >= 11 is 5.74. The third-order valence-electron chi connectivity index (χ3n) is 6.55. The van der Waals surface area contributed by atoms with E-state index < -0.39 is 0 Å². The molecule has 12 heteroatoms. The Kier molecular flexibility index (Phi) is 6.09. The van der Waals surface area contributed by atoms with Crippen LogP contribution in [0, 0.1) is 0 Å². The van der Waals surface area contributed by atoms with Crippen LogP contribution in [0.1, 0.15) is 49.4 Å². The first-order valence-electron chi connectivity index (χ1n) is 11.4. The molecule has 0 unspecified atom stereocenters. The van der Waals surface area contributed by atoms with Crippen LogP contribution in [0.25, 0.3) is 0 Å². The van der Waals surface area contributed by atoms with Crippen molar-refractivity contribution in [3.63, 3.8) is 0 Å². The quantitative estimate of drug-likeness (QED) is 0.607. The number of amides is 1. The molecule has 1 amide bonds. The number of anilines is 2. The van der Waals surface area contributed by atoms with Crippen LogP contribution >= 0.6 is 11.8 Å². The molecule has 1 N–H and O–H groups in total. The molecule has 32 heavy (non-hydrogen) atoms. The SMILES string of the molecule is CCn1nnc(N2CCC(N(C(=O)c3cnc(N4CC[C@@H](NCl)C4)nc3)C3CC3)CC2)n1. The smallest absolute Gasteiger partial charge is 0.266 e. The van der Waals surface area contributed by atoms with Gasteiger partial charge in [0.15, 0.2) is 0 Å². The molecule has 172 valence electrons. The van der Waals surface area contributed by atoms with Gasteiger partial charge in [0.25, 0.3) is 11.9 Å². The maximum absolute atomic E-state index is 13.4. The van der Waals surface area contributed by atoms with Gasteiger partial charge >= 0.3 is 0 Å². The second-order valence-corrected chi connectivity index (χ2v) is 8.97. The van der Waals surface area contributed by atoms with Crippen LogP contribution in [-0.2, 0) is 6.54 Å². The lowest BCUT2D eigenvalue weighted by atomic mass is 10.0. The number of carbonyl (C=O) groups is 1. The fourth-order valence-corrected chi connectivity index (χ4v) is 4.77. The standard InChI is InChI=1S/C20H29ClN10O/c1-2-30-26-20(25-27-30)28-9-6-17(7-10-28)31(16-3-4-16)18(32)14-11-22-19(23-12-14)29-8-5-15(13-29)24-21/h11-12,15-17,24H,2-10,13H2,1H3/t15-/m1/s1. The van der Waals surface area contributed by atoms with Crippen LogP contribution in [0.3, 0.4) is 0 Å². The molecule has 2 aliphatic heterocycles. The fourth-order valence-electron chi connectivity index (χ4n) is 4.60. The Balaban J connectivity index is 1.23.